The Hall–Kier alpha value is -2.98. The topological polar surface area (TPSA) is 126 Å². The first kappa shape index (κ1) is 20.7. The van der Waals surface area contributed by atoms with E-state index in [4.69, 9.17) is 4.42 Å². The van der Waals surface area contributed by atoms with Crippen LogP contribution in [0.15, 0.2) is 52.0 Å². The van der Waals surface area contributed by atoms with Crippen molar-refractivity contribution in [3.8, 4) is 0 Å². The molecule has 1 aliphatic rings. The number of piperidine rings is 1. The molecular weight excluding hydrogens is 398 g/mol. The van der Waals surface area contributed by atoms with Crippen LogP contribution in [0.5, 0.6) is 0 Å². The van der Waals surface area contributed by atoms with Crippen LogP contribution in [0.25, 0.3) is 0 Å². The Morgan fingerprint density at radius 3 is 2.41 bits per heavy atom. The number of rotatable bonds is 5. The summed E-state index contributed by atoms with van der Waals surface area (Å²) in [7, 11) is -3.76. The lowest BCUT2D eigenvalue weighted by molar-refractivity contribution is -0.126. The van der Waals surface area contributed by atoms with E-state index in [0.29, 0.717) is 18.4 Å². The number of carbonyl (C=O) groups excluding carboxylic acids is 3. The van der Waals surface area contributed by atoms with E-state index in [2.05, 4.69) is 10.9 Å². The average molecular weight is 419 g/mol. The molecule has 9 nitrogen and oxygen atoms in total. The second-order valence-corrected chi connectivity index (χ2v) is 8.62. The number of hydrazine groups is 1. The van der Waals surface area contributed by atoms with Crippen molar-refractivity contribution in [2.75, 3.05) is 13.1 Å². The quantitative estimate of drug-likeness (QED) is 0.556. The summed E-state index contributed by atoms with van der Waals surface area (Å²) in [5.74, 6) is -1.54. The molecule has 0 bridgehead atoms. The zero-order valence-corrected chi connectivity index (χ0v) is 16.6. The van der Waals surface area contributed by atoms with Gasteiger partial charge in [-0.3, -0.25) is 25.2 Å². The van der Waals surface area contributed by atoms with Crippen molar-refractivity contribution in [1.82, 2.24) is 15.2 Å². The first-order valence-corrected chi connectivity index (χ1v) is 10.5. The number of nitrogens with zero attached hydrogens (tertiary/aromatic N) is 1. The molecule has 2 amide bonds. The smallest absolute Gasteiger partial charge is 0.305 e. The molecule has 10 heteroatoms. The fourth-order valence-electron chi connectivity index (χ4n) is 3.07. The number of hydrogen-bond donors (Lipinski definition) is 2. The van der Waals surface area contributed by atoms with Crippen LogP contribution in [0, 0.1) is 5.92 Å². The largest absolute Gasteiger partial charge is 0.459 e. The Bertz CT molecular complexity index is 1010. The van der Waals surface area contributed by atoms with E-state index >= 15 is 0 Å². The zero-order chi connectivity index (χ0) is 21.0. The van der Waals surface area contributed by atoms with E-state index in [-0.39, 0.29) is 35.4 Å². The van der Waals surface area contributed by atoms with Crippen molar-refractivity contribution >= 4 is 27.6 Å². The number of Topliss-reactive ketones (excluding diaryl/α,β-unsaturated/α-hetero) is 1. The van der Waals surface area contributed by atoms with Gasteiger partial charge in [-0.2, -0.15) is 4.31 Å². The molecule has 1 fully saturated rings. The van der Waals surface area contributed by atoms with Gasteiger partial charge in [0.25, 0.3) is 0 Å². The molecule has 0 saturated carbocycles. The molecule has 0 spiro atoms. The molecule has 1 aromatic carbocycles. The summed E-state index contributed by atoms with van der Waals surface area (Å²) in [6.07, 6.45) is 1.97. The molecule has 2 N–H and O–H groups in total. The standard InChI is InChI=1S/C19H21N3O6S/c1-13(23)15-4-2-5-16(12-15)29(26,27)22-9-7-14(8-10-22)18(24)20-21-19(25)17-6-3-11-28-17/h2-6,11-12,14H,7-10H2,1H3,(H,20,24)(H,21,25). The van der Waals surface area contributed by atoms with Gasteiger partial charge in [0.2, 0.25) is 15.9 Å². The normalized spacial score (nSPS) is 15.6. The van der Waals surface area contributed by atoms with E-state index in [1.807, 2.05) is 0 Å². The molecule has 154 valence electrons. The Balaban J connectivity index is 1.56. The summed E-state index contributed by atoms with van der Waals surface area (Å²) >= 11 is 0. The van der Waals surface area contributed by atoms with E-state index in [1.54, 1.807) is 12.1 Å². The SMILES string of the molecule is CC(=O)c1cccc(S(=O)(=O)N2CCC(C(=O)NNC(=O)c3ccco3)CC2)c1. The number of sulfonamides is 1. The molecule has 3 rings (SSSR count). The fraction of sp³-hybridized carbons (Fsp3) is 0.316. The highest BCUT2D eigenvalue weighted by molar-refractivity contribution is 7.89. The third-order valence-electron chi connectivity index (χ3n) is 4.75. The minimum Gasteiger partial charge on any atom is -0.459 e. The number of hydrogen-bond acceptors (Lipinski definition) is 6. The highest BCUT2D eigenvalue weighted by atomic mass is 32.2. The van der Waals surface area contributed by atoms with Gasteiger partial charge in [0, 0.05) is 24.6 Å². The highest BCUT2D eigenvalue weighted by Gasteiger charge is 2.32. The molecule has 2 aromatic rings. The Morgan fingerprint density at radius 1 is 1.07 bits per heavy atom. The minimum atomic E-state index is -3.76. The molecule has 1 aromatic heterocycles. The van der Waals surface area contributed by atoms with Crippen LogP contribution in [-0.2, 0) is 14.8 Å². The van der Waals surface area contributed by atoms with Gasteiger partial charge >= 0.3 is 5.91 Å². The van der Waals surface area contributed by atoms with E-state index in [1.165, 1.54) is 41.8 Å². The summed E-state index contributed by atoms with van der Waals surface area (Å²) < 4.78 is 31.9. The third kappa shape index (κ3) is 4.72. The molecule has 1 saturated heterocycles. The zero-order valence-electron chi connectivity index (χ0n) is 15.8. The summed E-state index contributed by atoms with van der Waals surface area (Å²) in [6.45, 7) is 1.70. The van der Waals surface area contributed by atoms with E-state index in [0.717, 1.165) is 0 Å². The lowest BCUT2D eigenvalue weighted by atomic mass is 9.98. The van der Waals surface area contributed by atoms with Crippen LogP contribution in [0.3, 0.4) is 0 Å². The lowest BCUT2D eigenvalue weighted by Crippen LogP contribution is -2.48. The lowest BCUT2D eigenvalue weighted by Gasteiger charge is -2.30. The molecule has 29 heavy (non-hydrogen) atoms. The number of benzene rings is 1. The molecule has 0 unspecified atom stereocenters. The second-order valence-electron chi connectivity index (χ2n) is 6.68. The number of ketones is 1. The first-order valence-electron chi connectivity index (χ1n) is 9.04. The van der Waals surface area contributed by atoms with Crippen molar-refractivity contribution in [3.05, 3.63) is 54.0 Å². The summed E-state index contributed by atoms with van der Waals surface area (Å²) in [5, 5.41) is 0. The number of nitrogens with one attached hydrogen (secondary N) is 2. The van der Waals surface area contributed by atoms with Crippen molar-refractivity contribution in [3.63, 3.8) is 0 Å². The summed E-state index contributed by atoms with van der Waals surface area (Å²) in [6, 6.07) is 8.93. The van der Waals surface area contributed by atoms with Crippen LogP contribution < -0.4 is 10.9 Å². The average Bonchev–Trinajstić information content (AvgIpc) is 3.27. The van der Waals surface area contributed by atoms with Crippen LogP contribution in [0.4, 0.5) is 0 Å². The number of carbonyl (C=O) groups is 3. The van der Waals surface area contributed by atoms with Crippen molar-refractivity contribution in [2.24, 2.45) is 5.92 Å². The van der Waals surface area contributed by atoms with Gasteiger partial charge in [0.1, 0.15) is 0 Å². The number of amides is 2. The van der Waals surface area contributed by atoms with Crippen LogP contribution in [-0.4, -0.2) is 43.4 Å². The van der Waals surface area contributed by atoms with Crippen LogP contribution in [0.1, 0.15) is 40.7 Å². The Labute approximate surface area is 168 Å². The van der Waals surface area contributed by atoms with Crippen molar-refractivity contribution in [1.29, 1.82) is 0 Å². The number of furan rings is 1. The summed E-state index contributed by atoms with van der Waals surface area (Å²) in [4.78, 5) is 35.6. The van der Waals surface area contributed by atoms with Gasteiger partial charge in [-0.15, -0.1) is 0 Å². The second kappa shape index (κ2) is 8.58. The molecule has 0 atom stereocenters. The molecular formula is C19H21N3O6S. The predicted octanol–water partition coefficient (Wildman–Crippen LogP) is 1.34. The van der Waals surface area contributed by atoms with Gasteiger partial charge in [-0.1, -0.05) is 12.1 Å². The molecule has 0 radical (unpaired) electrons. The molecule has 0 aliphatic carbocycles. The van der Waals surface area contributed by atoms with Crippen LogP contribution >= 0.6 is 0 Å². The Kier molecular flexibility index (Phi) is 6.14. The van der Waals surface area contributed by atoms with Gasteiger partial charge in [-0.05, 0) is 44.0 Å². The van der Waals surface area contributed by atoms with Crippen molar-refractivity contribution < 1.29 is 27.2 Å². The maximum atomic E-state index is 12.8. The maximum Gasteiger partial charge on any atom is 0.305 e. The first-order chi connectivity index (χ1) is 13.8. The van der Waals surface area contributed by atoms with Gasteiger partial charge in [0.15, 0.2) is 11.5 Å². The van der Waals surface area contributed by atoms with Gasteiger partial charge < -0.3 is 4.42 Å². The van der Waals surface area contributed by atoms with E-state index < -0.39 is 21.8 Å². The van der Waals surface area contributed by atoms with Gasteiger partial charge in [-0.25, -0.2) is 8.42 Å². The molecule has 1 aliphatic heterocycles. The van der Waals surface area contributed by atoms with E-state index in [9.17, 15) is 22.8 Å². The molecule has 2 heterocycles. The summed E-state index contributed by atoms with van der Waals surface area (Å²) in [5.41, 5.74) is 4.94. The highest BCUT2D eigenvalue weighted by Crippen LogP contribution is 2.24. The maximum absolute atomic E-state index is 12.8. The predicted molar refractivity (Wildman–Crippen MR) is 102 cm³/mol. The van der Waals surface area contributed by atoms with Crippen LogP contribution in [0.2, 0.25) is 0 Å². The van der Waals surface area contributed by atoms with Crippen molar-refractivity contribution in [2.45, 2.75) is 24.7 Å². The van der Waals surface area contributed by atoms with Gasteiger partial charge in [0.05, 0.1) is 11.2 Å². The minimum absolute atomic E-state index is 0.0545. The monoisotopic (exact) mass is 419 g/mol. The fourth-order valence-corrected chi connectivity index (χ4v) is 4.59. The third-order valence-corrected chi connectivity index (χ3v) is 6.64. The Morgan fingerprint density at radius 2 is 1.79 bits per heavy atom.